The van der Waals surface area contributed by atoms with Gasteiger partial charge >= 0.3 is 0 Å². The van der Waals surface area contributed by atoms with Crippen LogP contribution >= 0.6 is 0 Å². The van der Waals surface area contributed by atoms with Crippen LogP contribution in [0.2, 0.25) is 0 Å². The zero-order valence-electron chi connectivity index (χ0n) is 14.8. The molecule has 6 nitrogen and oxygen atoms in total. The van der Waals surface area contributed by atoms with Crippen LogP contribution in [0.3, 0.4) is 0 Å². The molecule has 0 saturated heterocycles. The Kier molecular flexibility index (Phi) is 3.60. The zero-order chi connectivity index (χ0) is 18.2. The predicted molar refractivity (Wildman–Crippen MR) is 105 cm³/mol. The van der Waals surface area contributed by atoms with Gasteiger partial charge in [0.25, 0.3) is 0 Å². The third-order valence-electron chi connectivity index (χ3n) is 4.88. The highest BCUT2D eigenvalue weighted by Gasteiger charge is 2.13. The SMILES string of the molecule is COc1ccc(Cn2c3ccccc3c3cc(-c4nn[nH]n4)ccc32)cc1. The lowest BCUT2D eigenvalue weighted by Gasteiger charge is -2.09. The van der Waals surface area contributed by atoms with Crippen molar-refractivity contribution in [2.24, 2.45) is 0 Å². The van der Waals surface area contributed by atoms with E-state index in [2.05, 4.69) is 73.7 Å². The molecule has 0 aliphatic rings. The smallest absolute Gasteiger partial charge is 0.204 e. The van der Waals surface area contributed by atoms with Crippen LogP contribution in [-0.4, -0.2) is 32.3 Å². The summed E-state index contributed by atoms with van der Waals surface area (Å²) < 4.78 is 7.61. The molecular formula is C21H17N5O. The number of rotatable bonds is 4. The van der Waals surface area contributed by atoms with E-state index in [1.165, 1.54) is 27.4 Å². The quantitative estimate of drug-likeness (QED) is 0.528. The van der Waals surface area contributed by atoms with Gasteiger partial charge in [-0.05, 0) is 47.2 Å². The molecule has 3 aromatic carbocycles. The first kappa shape index (κ1) is 15.6. The Labute approximate surface area is 155 Å². The summed E-state index contributed by atoms with van der Waals surface area (Å²) in [5.74, 6) is 1.47. The summed E-state index contributed by atoms with van der Waals surface area (Å²) in [4.78, 5) is 0. The average Bonchev–Trinajstić information content (AvgIpc) is 3.36. The van der Waals surface area contributed by atoms with Crippen molar-refractivity contribution >= 4 is 21.8 Å². The van der Waals surface area contributed by atoms with Crippen molar-refractivity contribution in [2.45, 2.75) is 6.54 Å². The number of aromatic amines is 1. The van der Waals surface area contributed by atoms with E-state index < -0.39 is 0 Å². The third kappa shape index (κ3) is 2.62. The minimum Gasteiger partial charge on any atom is -0.497 e. The molecule has 0 aliphatic carbocycles. The van der Waals surface area contributed by atoms with Gasteiger partial charge in [-0.3, -0.25) is 0 Å². The summed E-state index contributed by atoms with van der Waals surface area (Å²) in [7, 11) is 1.68. The van der Waals surface area contributed by atoms with Crippen LogP contribution in [0.5, 0.6) is 5.75 Å². The van der Waals surface area contributed by atoms with Crippen LogP contribution in [0.15, 0.2) is 66.7 Å². The lowest BCUT2D eigenvalue weighted by Crippen LogP contribution is -1.99. The van der Waals surface area contributed by atoms with Gasteiger partial charge in [0.1, 0.15) is 5.75 Å². The fourth-order valence-electron chi connectivity index (χ4n) is 3.56. The molecule has 132 valence electrons. The first-order valence-corrected chi connectivity index (χ1v) is 8.71. The third-order valence-corrected chi connectivity index (χ3v) is 4.88. The topological polar surface area (TPSA) is 68.6 Å². The number of ether oxygens (including phenoxy) is 1. The first-order chi connectivity index (χ1) is 13.3. The van der Waals surface area contributed by atoms with E-state index in [1.54, 1.807) is 7.11 Å². The second kappa shape index (κ2) is 6.25. The van der Waals surface area contributed by atoms with Gasteiger partial charge < -0.3 is 9.30 Å². The fraction of sp³-hybridized carbons (Fsp3) is 0.0952. The van der Waals surface area contributed by atoms with Gasteiger partial charge in [-0.1, -0.05) is 30.3 Å². The molecule has 0 aliphatic heterocycles. The van der Waals surface area contributed by atoms with Gasteiger partial charge in [-0.15, -0.1) is 10.2 Å². The van der Waals surface area contributed by atoms with Crippen LogP contribution in [-0.2, 0) is 6.54 Å². The van der Waals surface area contributed by atoms with Crippen LogP contribution in [0.4, 0.5) is 0 Å². The number of aromatic nitrogens is 5. The highest BCUT2D eigenvalue weighted by molar-refractivity contribution is 6.09. The van der Waals surface area contributed by atoms with Gasteiger partial charge in [0.05, 0.1) is 7.11 Å². The highest BCUT2D eigenvalue weighted by Crippen LogP contribution is 2.32. The molecule has 0 saturated carbocycles. The van der Waals surface area contributed by atoms with Gasteiger partial charge in [0.15, 0.2) is 0 Å². The molecule has 0 fully saturated rings. The molecular weight excluding hydrogens is 338 g/mol. The molecule has 5 aromatic rings. The molecule has 27 heavy (non-hydrogen) atoms. The molecule has 5 rings (SSSR count). The van der Waals surface area contributed by atoms with E-state index in [9.17, 15) is 0 Å². The molecule has 2 aromatic heterocycles. The van der Waals surface area contributed by atoms with Gasteiger partial charge in [-0.25, -0.2) is 0 Å². The van der Waals surface area contributed by atoms with Crippen molar-refractivity contribution in [3.05, 3.63) is 72.3 Å². The number of fused-ring (bicyclic) bond motifs is 3. The van der Waals surface area contributed by atoms with E-state index in [-0.39, 0.29) is 0 Å². The van der Waals surface area contributed by atoms with E-state index in [1.807, 2.05) is 18.2 Å². The van der Waals surface area contributed by atoms with Crippen LogP contribution in [0.1, 0.15) is 5.56 Å². The molecule has 0 radical (unpaired) electrons. The number of nitrogens with one attached hydrogen (secondary N) is 1. The molecule has 6 heteroatoms. The van der Waals surface area contributed by atoms with Crippen molar-refractivity contribution in [1.29, 1.82) is 0 Å². The van der Waals surface area contributed by atoms with E-state index in [0.717, 1.165) is 17.9 Å². The van der Waals surface area contributed by atoms with Crippen molar-refractivity contribution < 1.29 is 4.74 Å². The number of H-pyrrole nitrogens is 1. The normalized spacial score (nSPS) is 11.3. The Morgan fingerprint density at radius 2 is 1.74 bits per heavy atom. The Morgan fingerprint density at radius 3 is 2.52 bits per heavy atom. The summed E-state index contributed by atoms with van der Waals surface area (Å²) in [5, 5.41) is 16.8. The molecule has 1 N–H and O–H groups in total. The van der Waals surface area contributed by atoms with Gasteiger partial charge in [-0.2, -0.15) is 5.21 Å². The Morgan fingerprint density at radius 1 is 0.926 bits per heavy atom. The molecule has 0 unspecified atom stereocenters. The number of hydrogen-bond donors (Lipinski definition) is 1. The zero-order valence-corrected chi connectivity index (χ0v) is 14.8. The number of benzene rings is 3. The minimum atomic E-state index is 0.601. The standard InChI is InChI=1S/C21H17N5O/c1-27-16-9-6-14(7-10-16)13-26-19-5-3-2-4-17(19)18-12-15(8-11-20(18)26)21-22-24-25-23-21/h2-12H,13H2,1H3,(H,22,23,24,25). The maximum Gasteiger partial charge on any atom is 0.204 e. The van der Waals surface area contributed by atoms with Crippen molar-refractivity contribution in [2.75, 3.05) is 7.11 Å². The lowest BCUT2D eigenvalue weighted by atomic mass is 10.1. The number of tetrazole rings is 1. The number of para-hydroxylation sites is 1. The first-order valence-electron chi connectivity index (χ1n) is 8.71. The summed E-state index contributed by atoms with van der Waals surface area (Å²) in [6.45, 7) is 0.787. The van der Waals surface area contributed by atoms with E-state index in [4.69, 9.17) is 4.74 Å². The molecule has 0 amide bonds. The van der Waals surface area contributed by atoms with Crippen molar-refractivity contribution in [3.63, 3.8) is 0 Å². The Bertz CT molecular complexity index is 1220. The maximum atomic E-state index is 5.27. The Balaban J connectivity index is 1.68. The monoisotopic (exact) mass is 355 g/mol. The van der Waals surface area contributed by atoms with Crippen LogP contribution in [0, 0.1) is 0 Å². The van der Waals surface area contributed by atoms with Crippen LogP contribution in [0.25, 0.3) is 33.2 Å². The van der Waals surface area contributed by atoms with Gasteiger partial charge in [0.2, 0.25) is 5.82 Å². The maximum absolute atomic E-state index is 5.27. The van der Waals surface area contributed by atoms with Crippen LogP contribution < -0.4 is 4.74 Å². The highest BCUT2D eigenvalue weighted by atomic mass is 16.5. The number of hydrogen-bond acceptors (Lipinski definition) is 4. The lowest BCUT2D eigenvalue weighted by molar-refractivity contribution is 0.414. The largest absolute Gasteiger partial charge is 0.497 e. The second-order valence-corrected chi connectivity index (χ2v) is 6.42. The summed E-state index contributed by atoms with van der Waals surface area (Å²) in [6, 6.07) is 23.0. The van der Waals surface area contributed by atoms with Crippen molar-refractivity contribution in [3.8, 4) is 17.1 Å². The molecule has 0 bridgehead atoms. The van der Waals surface area contributed by atoms with Crippen molar-refractivity contribution in [1.82, 2.24) is 25.2 Å². The molecule has 0 atom stereocenters. The predicted octanol–water partition coefficient (Wildman–Crippen LogP) is 4.03. The molecule has 0 spiro atoms. The second-order valence-electron chi connectivity index (χ2n) is 6.42. The fourth-order valence-corrected chi connectivity index (χ4v) is 3.56. The number of nitrogens with zero attached hydrogens (tertiary/aromatic N) is 4. The molecule has 2 heterocycles. The number of methoxy groups -OCH3 is 1. The summed E-state index contributed by atoms with van der Waals surface area (Å²) >= 11 is 0. The van der Waals surface area contributed by atoms with Gasteiger partial charge in [0, 0.05) is 33.9 Å². The summed E-state index contributed by atoms with van der Waals surface area (Å²) in [6.07, 6.45) is 0. The van der Waals surface area contributed by atoms with E-state index >= 15 is 0 Å². The Hall–Kier alpha value is -3.67. The summed E-state index contributed by atoms with van der Waals surface area (Å²) in [5.41, 5.74) is 4.55. The average molecular weight is 355 g/mol. The minimum absolute atomic E-state index is 0.601. The van der Waals surface area contributed by atoms with E-state index in [0.29, 0.717) is 5.82 Å².